The van der Waals surface area contributed by atoms with E-state index in [0.29, 0.717) is 0 Å². The Morgan fingerprint density at radius 2 is 2.33 bits per heavy atom. The van der Waals surface area contributed by atoms with Gasteiger partial charge in [0, 0.05) is 0 Å². The molecule has 0 aliphatic carbocycles. The first-order valence-electron chi connectivity index (χ1n) is 3.53. The zero-order valence-corrected chi connectivity index (χ0v) is 6.83. The molecular weight excluding hydrogens is 160 g/mol. The molecule has 65 valence electrons. The van der Waals surface area contributed by atoms with Crippen molar-refractivity contribution in [2.75, 3.05) is 0 Å². The zero-order chi connectivity index (χ0) is 9.14. The standard InChI is InChI=1S/C7H9N2O3/c1-4(2)12-7(11)6-8-3-5(10)9-6/h3-4H,1-2H3,(H,8,9). The first kappa shape index (κ1) is 8.58. The maximum Gasteiger partial charge on any atom is 0.374 e. The van der Waals surface area contributed by atoms with Crippen molar-refractivity contribution < 1.29 is 14.6 Å². The zero-order valence-electron chi connectivity index (χ0n) is 6.83. The Labute approximate surface area is 69.4 Å². The summed E-state index contributed by atoms with van der Waals surface area (Å²) in [5.74, 6) is -1.12. The molecule has 1 aromatic heterocycles. The van der Waals surface area contributed by atoms with Crippen molar-refractivity contribution in [2.45, 2.75) is 20.0 Å². The first-order valence-corrected chi connectivity index (χ1v) is 3.53. The molecule has 5 nitrogen and oxygen atoms in total. The Kier molecular flexibility index (Phi) is 2.32. The van der Waals surface area contributed by atoms with Crippen molar-refractivity contribution in [2.24, 2.45) is 0 Å². The van der Waals surface area contributed by atoms with E-state index in [0.717, 1.165) is 6.20 Å². The number of H-pyrrole nitrogens is 1. The molecule has 0 saturated carbocycles. The summed E-state index contributed by atoms with van der Waals surface area (Å²) in [6, 6.07) is 0. The van der Waals surface area contributed by atoms with Gasteiger partial charge < -0.3 is 9.72 Å². The number of esters is 1. The second kappa shape index (κ2) is 3.25. The highest BCUT2D eigenvalue weighted by Gasteiger charge is 2.13. The van der Waals surface area contributed by atoms with Crippen molar-refractivity contribution in [3.8, 4) is 5.88 Å². The van der Waals surface area contributed by atoms with Crippen LogP contribution in [0.15, 0.2) is 6.20 Å². The number of carbonyl (C=O) groups is 1. The van der Waals surface area contributed by atoms with E-state index in [2.05, 4.69) is 9.97 Å². The molecule has 0 aliphatic rings. The monoisotopic (exact) mass is 169 g/mol. The van der Waals surface area contributed by atoms with Gasteiger partial charge in [-0.05, 0) is 13.8 Å². The maximum atomic E-state index is 11.0. The SMILES string of the molecule is CC(C)OC(=O)c1nc([O])c[nH]1. The highest BCUT2D eigenvalue weighted by Crippen LogP contribution is 2.05. The van der Waals surface area contributed by atoms with E-state index in [-0.39, 0.29) is 11.9 Å². The highest BCUT2D eigenvalue weighted by atomic mass is 16.5. The fourth-order valence-corrected chi connectivity index (χ4v) is 0.679. The second-order valence-corrected chi connectivity index (χ2v) is 2.54. The van der Waals surface area contributed by atoms with Gasteiger partial charge in [-0.25, -0.2) is 4.79 Å². The minimum Gasteiger partial charge on any atom is -0.457 e. The summed E-state index contributed by atoms with van der Waals surface area (Å²) in [5.41, 5.74) is 0. The minimum absolute atomic E-state index is 0.0475. The van der Waals surface area contributed by atoms with Gasteiger partial charge in [0.05, 0.1) is 12.3 Å². The van der Waals surface area contributed by atoms with Crippen molar-refractivity contribution in [1.29, 1.82) is 0 Å². The lowest BCUT2D eigenvalue weighted by atomic mass is 10.5. The normalized spacial score (nSPS) is 10.2. The molecule has 0 bridgehead atoms. The molecule has 12 heavy (non-hydrogen) atoms. The van der Waals surface area contributed by atoms with Crippen molar-refractivity contribution in [3.05, 3.63) is 12.0 Å². The van der Waals surface area contributed by atoms with Crippen LogP contribution in [0, 0.1) is 0 Å². The van der Waals surface area contributed by atoms with Gasteiger partial charge in [0.2, 0.25) is 5.82 Å². The maximum absolute atomic E-state index is 11.0. The van der Waals surface area contributed by atoms with E-state index in [1.54, 1.807) is 13.8 Å². The molecule has 1 N–H and O–H groups in total. The van der Waals surface area contributed by atoms with E-state index >= 15 is 0 Å². The van der Waals surface area contributed by atoms with Crippen LogP contribution in [-0.4, -0.2) is 22.0 Å². The van der Waals surface area contributed by atoms with Crippen LogP contribution in [0.4, 0.5) is 0 Å². The van der Waals surface area contributed by atoms with Crippen LogP contribution in [0.5, 0.6) is 5.88 Å². The summed E-state index contributed by atoms with van der Waals surface area (Å²) >= 11 is 0. The Balaban J connectivity index is 2.65. The third-order valence-corrected chi connectivity index (χ3v) is 1.09. The fourth-order valence-electron chi connectivity index (χ4n) is 0.679. The number of rotatable bonds is 2. The summed E-state index contributed by atoms with van der Waals surface area (Å²) in [5, 5.41) is 10.5. The van der Waals surface area contributed by atoms with Gasteiger partial charge >= 0.3 is 5.97 Å². The number of nitrogens with one attached hydrogen (secondary N) is 1. The number of imidazole rings is 1. The summed E-state index contributed by atoms with van der Waals surface area (Å²) in [6.07, 6.45) is 0.898. The third kappa shape index (κ3) is 1.98. The predicted molar refractivity (Wildman–Crippen MR) is 39.3 cm³/mol. The number of hydrogen-bond donors (Lipinski definition) is 1. The molecule has 0 saturated heterocycles. The third-order valence-electron chi connectivity index (χ3n) is 1.09. The minimum atomic E-state index is -0.605. The topological polar surface area (TPSA) is 74.9 Å². The molecular formula is C7H9N2O3. The Morgan fingerprint density at radius 3 is 2.75 bits per heavy atom. The molecule has 1 radical (unpaired) electrons. The Morgan fingerprint density at radius 1 is 1.67 bits per heavy atom. The van der Waals surface area contributed by atoms with Gasteiger partial charge in [0.25, 0.3) is 5.88 Å². The van der Waals surface area contributed by atoms with Crippen LogP contribution in [0.1, 0.15) is 24.5 Å². The molecule has 0 aromatic carbocycles. The van der Waals surface area contributed by atoms with Gasteiger partial charge in [-0.1, -0.05) is 0 Å². The lowest BCUT2D eigenvalue weighted by Gasteiger charge is -2.04. The number of hydrogen-bond acceptors (Lipinski definition) is 3. The van der Waals surface area contributed by atoms with Crippen LogP contribution >= 0.6 is 0 Å². The Bertz CT molecular complexity index is 280. The predicted octanol–water partition coefficient (Wildman–Crippen LogP) is 1.12. The number of ether oxygens (including phenoxy) is 1. The summed E-state index contributed by atoms with van der Waals surface area (Å²) in [4.78, 5) is 16.8. The quantitative estimate of drug-likeness (QED) is 0.674. The van der Waals surface area contributed by atoms with Crippen molar-refractivity contribution in [3.63, 3.8) is 0 Å². The van der Waals surface area contributed by atoms with Gasteiger partial charge in [0.1, 0.15) is 0 Å². The average Bonchev–Trinajstić information content (AvgIpc) is 2.34. The van der Waals surface area contributed by atoms with Gasteiger partial charge in [-0.3, -0.25) is 5.11 Å². The highest BCUT2D eigenvalue weighted by molar-refractivity contribution is 5.85. The molecule has 0 unspecified atom stereocenters. The largest absolute Gasteiger partial charge is 0.457 e. The molecule has 0 fully saturated rings. The van der Waals surface area contributed by atoms with Crippen molar-refractivity contribution >= 4 is 5.97 Å². The molecule has 5 heteroatoms. The molecule has 0 spiro atoms. The van der Waals surface area contributed by atoms with Gasteiger partial charge in [-0.15, -0.1) is 0 Å². The van der Waals surface area contributed by atoms with E-state index in [9.17, 15) is 9.90 Å². The number of aromatic amines is 1. The second-order valence-electron chi connectivity index (χ2n) is 2.54. The molecule has 0 amide bonds. The lowest BCUT2D eigenvalue weighted by Crippen LogP contribution is -2.12. The smallest absolute Gasteiger partial charge is 0.374 e. The van der Waals surface area contributed by atoms with E-state index in [1.165, 1.54) is 0 Å². The van der Waals surface area contributed by atoms with Crippen molar-refractivity contribution in [1.82, 2.24) is 9.97 Å². The first-order chi connectivity index (χ1) is 5.59. The summed E-state index contributed by atoms with van der Waals surface area (Å²) < 4.78 is 4.78. The summed E-state index contributed by atoms with van der Waals surface area (Å²) in [6.45, 7) is 3.44. The van der Waals surface area contributed by atoms with Crippen LogP contribution in [0.2, 0.25) is 0 Å². The van der Waals surface area contributed by atoms with Crippen LogP contribution in [0.3, 0.4) is 0 Å². The number of carbonyl (C=O) groups excluding carboxylic acids is 1. The molecule has 1 heterocycles. The molecule has 0 aliphatic heterocycles. The molecule has 1 rings (SSSR count). The molecule has 0 atom stereocenters. The Hall–Kier alpha value is -1.52. The van der Waals surface area contributed by atoms with Gasteiger partial charge in [0.15, 0.2) is 0 Å². The van der Waals surface area contributed by atoms with Crippen LogP contribution in [-0.2, 0) is 9.84 Å². The lowest BCUT2D eigenvalue weighted by molar-refractivity contribution is 0.0363. The van der Waals surface area contributed by atoms with Crippen LogP contribution < -0.4 is 0 Å². The fraction of sp³-hybridized carbons (Fsp3) is 0.429. The van der Waals surface area contributed by atoms with Gasteiger partial charge in [-0.2, -0.15) is 4.98 Å². The number of nitrogens with zero attached hydrogens (tertiary/aromatic N) is 1. The van der Waals surface area contributed by atoms with Crippen LogP contribution in [0.25, 0.3) is 0 Å². The van der Waals surface area contributed by atoms with E-state index in [4.69, 9.17) is 4.74 Å². The summed E-state index contributed by atoms with van der Waals surface area (Å²) in [7, 11) is 0. The molecule has 1 aromatic rings. The average molecular weight is 169 g/mol. The number of aromatic nitrogens is 2. The van der Waals surface area contributed by atoms with E-state index < -0.39 is 11.8 Å². The van der Waals surface area contributed by atoms with E-state index in [1.807, 2.05) is 0 Å².